The van der Waals surface area contributed by atoms with Gasteiger partial charge in [0.2, 0.25) is 5.78 Å². The summed E-state index contributed by atoms with van der Waals surface area (Å²) in [6.45, 7) is 0. The Bertz CT molecular complexity index is 1150. The van der Waals surface area contributed by atoms with Crippen molar-refractivity contribution >= 4 is 28.4 Å². The zero-order valence-corrected chi connectivity index (χ0v) is 13.7. The van der Waals surface area contributed by atoms with Crippen LogP contribution in [0.2, 0.25) is 5.02 Å². The molecule has 2 aromatic heterocycles. The van der Waals surface area contributed by atoms with Crippen LogP contribution in [0.3, 0.4) is 0 Å². The Hall–Kier alpha value is -3.18. The molecular weight excluding hydrogens is 338 g/mol. The number of halogens is 1. The first kappa shape index (κ1) is 15.4. The summed E-state index contributed by atoms with van der Waals surface area (Å²) in [7, 11) is 0. The van der Waals surface area contributed by atoms with E-state index in [0.29, 0.717) is 38.4 Å². The molecule has 0 aliphatic heterocycles. The average molecular weight is 350 g/mol. The van der Waals surface area contributed by atoms with Crippen LogP contribution in [-0.4, -0.2) is 20.7 Å². The lowest BCUT2D eigenvalue weighted by Gasteiger charge is -2.05. The molecule has 0 aliphatic carbocycles. The number of rotatable bonds is 3. The second-order valence-electron chi connectivity index (χ2n) is 5.54. The van der Waals surface area contributed by atoms with Gasteiger partial charge in [-0.1, -0.05) is 54.1 Å². The van der Waals surface area contributed by atoms with Crippen molar-refractivity contribution < 1.29 is 4.79 Å². The highest BCUT2D eigenvalue weighted by Gasteiger charge is 2.22. The van der Waals surface area contributed by atoms with E-state index in [0.717, 1.165) is 0 Å². The summed E-state index contributed by atoms with van der Waals surface area (Å²) in [6.07, 6.45) is 1.31. The van der Waals surface area contributed by atoms with Crippen molar-refractivity contribution in [2.45, 2.75) is 0 Å². The summed E-state index contributed by atoms with van der Waals surface area (Å²) < 4.78 is 0. The zero-order chi connectivity index (χ0) is 17.4. The molecule has 0 amide bonds. The maximum Gasteiger partial charge on any atom is 0.282 e. The molecule has 5 nitrogen and oxygen atoms in total. The number of aromatic nitrogens is 3. The summed E-state index contributed by atoms with van der Waals surface area (Å²) in [4.78, 5) is 35.1. The molecule has 0 fully saturated rings. The summed E-state index contributed by atoms with van der Waals surface area (Å²) in [6, 6.07) is 15.9. The van der Waals surface area contributed by atoms with Gasteiger partial charge in [0, 0.05) is 16.1 Å². The molecule has 122 valence electrons. The summed E-state index contributed by atoms with van der Waals surface area (Å²) in [5.74, 6) is -0.209. The third-order valence-corrected chi connectivity index (χ3v) is 4.22. The highest BCUT2D eigenvalue weighted by molar-refractivity contribution is 6.31. The Morgan fingerprint density at radius 1 is 1.04 bits per heavy atom. The van der Waals surface area contributed by atoms with E-state index < -0.39 is 5.56 Å². The highest BCUT2D eigenvalue weighted by Crippen LogP contribution is 2.32. The van der Waals surface area contributed by atoms with Crippen molar-refractivity contribution in [3.8, 4) is 11.1 Å². The van der Waals surface area contributed by atoms with E-state index in [-0.39, 0.29) is 5.78 Å². The van der Waals surface area contributed by atoms with Gasteiger partial charge in [-0.2, -0.15) is 4.98 Å². The Balaban J connectivity index is 2.05. The van der Waals surface area contributed by atoms with E-state index in [1.54, 1.807) is 42.5 Å². The number of benzene rings is 2. The van der Waals surface area contributed by atoms with Gasteiger partial charge in [0.15, 0.2) is 0 Å². The summed E-state index contributed by atoms with van der Waals surface area (Å²) in [5.41, 5.74) is 2.07. The van der Waals surface area contributed by atoms with Crippen LogP contribution < -0.4 is 5.56 Å². The predicted octanol–water partition coefficient (Wildman–Crippen LogP) is 3.80. The fourth-order valence-electron chi connectivity index (χ4n) is 2.88. The fraction of sp³-hybridized carbons (Fsp3) is 0. The van der Waals surface area contributed by atoms with Crippen LogP contribution in [-0.2, 0) is 0 Å². The Morgan fingerprint density at radius 2 is 1.84 bits per heavy atom. The molecule has 0 saturated heterocycles. The first-order valence-electron chi connectivity index (χ1n) is 7.60. The van der Waals surface area contributed by atoms with Crippen molar-refractivity contribution in [2.24, 2.45) is 0 Å². The second kappa shape index (κ2) is 6.03. The number of nitrogens with one attached hydrogen (secondary N) is 2. The predicted molar refractivity (Wildman–Crippen MR) is 97.0 cm³/mol. The molecular formula is C19H12ClN3O2. The fourth-order valence-corrected chi connectivity index (χ4v) is 3.07. The van der Waals surface area contributed by atoms with Crippen molar-refractivity contribution in [3.63, 3.8) is 0 Å². The van der Waals surface area contributed by atoms with Gasteiger partial charge < -0.3 is 9.97 Å². The summed E-state index contributed by atoms with van der Waals surface area (Å²) >= 11 is 6.10. The van der Waals surface area contributed by atoms with E-state index >= 15 is 0 Å². The normalized spacial score (nSPS) is 10.9. The molecule has 25 heavy (non-hydrogen) atoms. The standard InChI is InChI=1S/C19H12ClN3O2/c20-13-8-4-7-12(9-13)14-15-18(21-10-22-19(15)25)23-16(14)17(24)11-5-2-1-3-6-11/h1-10H,(H2,21,22,23,25). The molecule has 4 aromatic rings. The van der Waals surface area contributed by atoms with Crippen molar-refractivity contribution in [1.82, 2.24) is 15.0 Å². The van der Waals surface area contributed by atoms with Crippen LogP contribution in [0, 0.1) is 0 Å². The first-order chi connectivity index (χ1) is 12.1. The van der Waals surface area contributed by atoms with Gasteiger partial charge in [-0.15, -0.1) is 0 Å². The van der Waals surface area contributed by atoms with Crippen molar-refractivity contribution in [2.75, 3.05) is 0 Å². The van der Waals surface area contributed by atoms with Crippen LogP contribution in [0.15, 0.2) is 65.7 Å². The van der Waals surface area contributed by atoms with E-state index in [2.05, 4.69) is 15.0 Å². The van der Waals surface area contributed by atoms with E-state index in [4.69, 9.17) is 11.6 Å². The van der Waals surface area contributed by atoms with Gasteiger partial charge in [-0.05, 0) is 17.7 Å². The van der Waals surface area contributed by atoms with Crippen molar-refractivity contribution in [1.29, 1.82) is 0 Å². The highest BCUT2D eigenvalue weighted by atomic mass is 35.5. The molecule has 0 radical (unpaired) electrons. The molecule has 2 aromatic carbocycles. The van der Waals surface area contributed by atoms with Gasteiger partial charge in [-0.25, -0.2) is 0 Å². The first-order valence-corrected chi connectivity index (χ1v) is 7.98. The Labute approximate surface area is 147 Å². The lowest BCUT2D eigenvalue weighted by molar-refractivity contribution is 0.103. The lowest BCUT2D eigenvalue weighted by atomic mass is 9.98. The van der Waals surface area contributed by atoms with Gasteiger partial charge in [0.25, 0.3) is 5.56 Å². The van der Waals surface area contributed by atoms with Gasteiger partial charge in [-0.3, -0.25) is 9.59 Å². The molecule has 2 N–H and O–H groups in total. The second-order valence-corrected chi connectivity index (χ2v) is 5.97. The lowest BCUT2D eigenvalue weighted by Crippen LogP contribution is -2.06. The number of aromatic amines is 2. The molecule has 4 rings (SSSR count). The topological polar surface area (TPSA) is 78.6 Å². The van der Waals surface area contributed by atoms with E-state index in [1.165, 1.54) is 6.33 Å². The Kier molecular flexibility index (Phi) is 3.71. The number of fused-ring (bicyclic) bond motifs is 1. The SMILES string of the molecule is O=C(c1ccccc1)c1[nH]c2[nH]cnc(=O)c2c1-c1cccc(Cl)c1. The quantitative estimate of drug-likeness (QED) is 0.552. The van der Waals surface area contributed by atoms with Crippen LogP contribution in [0.5, 0.6) is 0 Å². The molecule has 0 saturated carbocycles. The van der Waals surface area contributed by atoms with Crippen LogP contribution in [0.4, 0.5) is 0 Å². The molecule has 6 heteroatoms. The van der Waals surface area contributed by atoms with Crippen LogP contribution >= 0.6 is 11.6 Å². The number of carbonyl (C=O) groups is 1. The third kappa shape index (κ3) is 2.64. The van der Waals surface area contributed by atoms with Crippen LogP contribution in [0.1, 0.15) is 16.1 Å². The minimum atomic E-state index is -0.410. The maximum atomic E-state index is 13.0. The number of nitrogens with zero attached hydrogens (tertiary/aromatic N) is 1. The number of ketones is 1. The molecule has 0 bridgehead atoms. The third-order valence-electron chi connectivity index (χ3n) is 3.98. The number of hydrogen-bond donors (Lipinski definition) is 2. The molecule has 2 heterocycles. The van der Waals surface area contributed by atoms with Gasteiger partial charge >= 0.3 is 0 Å². The monoisotopic (exact) mass is 349 g/mol. The van der Waals surface area contributed by atoms with Crippen LogP contribution in [0.25, 0.3) is 22.2 Å². The number of H-pyrrole nitrogens is 2. The molecule has 0 atom stereocenters. The van der Waals surface area contributed by atoms with Gasteiger partial charge in [0.1, 0.15) is 5.65 Å². The largest absolute Gasteiger partial charge is 0.337 e. The Morgan fingerprint density at radius 3 is 2.60 bits per heavy atom. The molecule has 0 spiro atoms. The number of hydrogen-bond acceptors (Lipinski definition) is 3. The molecule has 0 aliphatic rings. The smallest absolute Gasteiger partial charge is 0.282 e. The number of carbonyl (C=O) groups excluding carboxylic acids is 1. The zero-order valence-electron chi connectivity index (χ0n) is 12.9. The minimum Gasteiger partial charge on any atom is -0.337 e. The van der Waals surface area contributed by atoms with E-state index in [9.17, 15) is 9.59 Å². The van der Waals surface area contributed by atoms with Crippen molar-refractivity contribution in [3.05, 3.63) is 87.6 Å². The van der Waals surface area contributed by atoms with E-state index in [1.807, 2.05) is 12.1 Å². The van der Waals surface area contributed by atoms with Gasteiger partial charge in [0.05, 0.1) is 17.4 Å². The average Bonchev–Trinajstić information content (AvgIpc) is 3.03. The maximum absolute atomic E-state index is 13.0. The summed E-state index contributed by atoms with van der Waals surface area (Å²) in [5, 5.41) is 0.856. The minimum absolute atomic E-state index is 0.209. The molecule has 0 unspecified atom stereocenters.